The lowest BCUT2D eigenvalue weighted by Gasteiger charge is -2.36. The van der Waals surface area contributed by atoms with E-state index in [4.69, 9.17) is 32.7 Å². The molecule has 0 aromatic heterocycles. The molecule has 0 spiro atoms. The van der Waals surface area contributed by atoms with Crippen molar-refractivity contribution in [2.24, 2.45) is 0 Å². The molecule has 0 unspecified atom stereocenters. The monoisotopic (exact) mass is 722 g/mol. The Morgan fingerprint density at radius 2 is 1.26 bits per heavy atom. The first-order valence-electron chi connectivity index (χ1n) is 8.93. The van der Waals surface area contributed by atoms with Crippen LogP contribution in [0.3, 0.4) is 0 Å². The summed E-state index contributed by atoms with van der Waals surface area (Å²) in [5, 5.41) is 7.65. The van der Waals surface area contributed by atoms with Crippen LogP contribution in [-0.4, -0.2) is 13.4 Å². The van der Waals surface area contributed by atoms with Crippen LogP contribution < -0.4 is 0 Å². The van der Waals surface area contributed by atoms with Crippen molar-refractivity contribution >= 4 is 76.7 Å². The fourth-order valence-electron chi connectivity index (χ4n) is 1.94. The van der Waals surface area contributed by atoms with Crippen LogP contribution >= 0.6 is 68.4 Å². The molecule has 1 N–H and O–H groups in total. The molecule has 2 aromatic carbocycles. The Bertz CT molecular complexity index is 954. The van der Waals surface area contributed by atoms with Gasteiger partial charge in [0.2, 0.25) is 0 Å². The predicted molar refractivity (Wildman–Crippen MR) is 136 cm³/mol. The van der Waals surface area contributed by atoms with Crippen molar-refractivity contribution in [2.45, 2.75) is 52.1 Å². The minimum Gasteiger partial charge on any atom is -0.412 e. The van der Waals surface area contributed by atoms with E-state index in [2.05, 4.69) is 33.9 Å². The molecule has 2 nitrogen and oxygen atoms in total. The van der Waals surface area contributed by atoms with Gasteiger partial charge in [0, 0.05) is 11.1 Å². The van der Waals surface area contributed by atoms with Crippen molar-refractivity contribution in [1.82, 2.24) is 0 Å². The molecule has 0 aliphatic heterocycles. The maximum atomic E-state index is 13.9. The van der Waals surface area contributed by atoms with E-state index >= 15 is 0 Å². The van der Waals surface area contributed by atoms with Crippen molar-refractivity contribution in [3.8, 4) is 0 Å². The Morgan fingerprint density at radius 3 is 1.65 bits per heavy atom. The van der Waals surface area contributed by atoms with Crippen LogP contribution in [0.4, 0.5) is 17.6 Å². The van der Waals surface area contributed by atoms with Crippen LogP contribution in [0.5, 0.6) is 0 Å². The van der Waals surface area contributed by atoms with E-state index < -0.39 is 48.2 Å². The zero-order valence-electron chi connectivity index (χ0n) is 17.4. The number of benzene rings is 2. The highest BCUT2D eigenvalue weighted by molar-refractivity contribution is 14.1. The van der Waals surface area contributed by atoms with Crippen LogP contribution in [0, 0.1) is 30.4 Å². The highest BCUT2D eigenvalue weighted by atomic mass is 127. The average molecular weight is 723 g/mol. The first-order valence-corrected chi connectivity index (χ1v) is 14.8. The average Bonchev–Trinajstić information content (AvgIpc) is 2.68. The molecule has 0 fully saturated rings. The van der Waals surface area contributed by atoms with Crippen LogP contribution in [-0.2, 0) is 17.6 Å². The zero-order valence-corrected chi connectivity index (χ0v) is 24.3. The maximum Gasteiger partial charge on any atom is 0.192 e. The fourth-order valence-corrected chi connectivity index (χ4v) is 4.94. The second kappa shape index (κ2) is 11.7. The van der Waals surface area contributed by atoms with Gasteiger partial charge in [0.15, 0.2) is 20.0 Å². The first kappa shape index (κ1) is 29.4. The van der Waals surface area contributed by atoms with Gasteiger partial charge in [0.1, 0.15) is 21.7 Å². The van der Waals surface area contributed by atoms with E-state index in [0.717, 1.165) is 0 Å². The molecule has 0 amide bonds. The Labute approximate surface area is 218 Å². The SMILES string of the molecule is CC(C)(C)[Si](C)(C)OCc1cc(I)c(F)c(Cl)c1F.OCc1cc(I)c(F)c(Cl)c1F. The smallest absolute Gasteiger partial charge is 0.192 e. The summed E-state index contributed by atoms with van der Waals surface area (Å²) in [6, 6.07) is 2.67. The molecule has 0 heterocycles. The lowest BCUT2D eigenvalue weighted by molar-refractivity contribution is 0.271. The van der Waals surface area contributed by atoms with E-state index in [9.17, 15) is 17.6 Å². The lowest BCUT2D eigenvalue weighted by atomic mass is 10.2. The molecule has 11 heteroatoms. The van der Waals surface area contributed by atoms with Crippen LogP contribution in [0.1, 0.15) is 31.9 Å². The van der Waals surface area contributed by atoms with Gasteiger partial charge < -0.3 is 9.53 Å². The summed E-state index contributed by atoms with van der Waals surface area (Å²) < 4.78 is 59.5. The normalized spacial score (nSPS) is 11.9. The van der Waals surface area contributed by atoms with E-state index in [-0.39, 0.29) is 20.8 Å². The van der Waals surface area contributed by atoms with Gasteiger partial charge >= 0.3 is 0 Å². The highest BCUT2D eigenvalue weighted by Gasteiger charge is 2.37. The van der Waals surface area contributed by atoms with Gasteiger partial charge in [-0.15, -0.1) is 0 Å². The van der Waals surface area contributed by atoms with Crippen molar-refractivity contribution in [3.63, 3.8) is 0 Å². The summed E-state index contributed by atoms with van der Waals surface area (Å²) in [7, 11) is -1.96. The minimum absolute atomic E-state index is 0.00537. The summed E-state index contributed by atoms with van der Waals surface area (Å²) in [4.78, 5) is 0. The molecule has 0 saturated carbocycles. The first-order chi connectivity index (χ1) is 14.0. The largest absolute Gasteiger partial charge is 0.412 e. The molecular formula is C20H22Cl2F4I2O2Si. The predicted octanol–water partition coefficient (Wildman–Crippen LogP) is 8.46. The van der Waals surface area contributed by atoms with Crippen molar-refractivity contribution in [2.75, 3.05) is 0 Å². The number of rotatable bonds is 4. The van der Waals surface area contributed by atoms with Gasteiger partial charge in [0.05, 0.1) is 20.4 Å². The molecule has 0 aliphatic carbocycles. The Kier molecular flexibility index (Phi) is 11.0. The summed E-state index contributed by atoms with van der Waals surface area (Å²) in [6.07, 6.45) is 0. The van der Waals surface area contributed by atoms with Crippen LogP contribution in [0.25, 0.3) is 0 Å². The van der Waals surface area contributed by atoms with Gasteiger partial charge in [-0.1, -0.05) is 44.0 Å². The number of hydrogen-bond acceptors (Lipinski definition) is 2. The summed E-state index contributed by atoms with van der Waals surface area (Å²) >= 11 is 14.4. The number of hydrogen-bond donors (Lipinski definition) is 1. The third kappa shape index (κ3) is 7.41. The maximum absolute atomic E-state index is 13.9. The van der Waals surface area contributed by atoms with Gasteiger partial charge in [-0.3, -0.25) is 0 Å². The Balaban J connectivity index is 0.000000343. The summed E-state index contributed by atoms with van der Waals surface area (Å²) in [6.45, 7) is 10.1. The summed E-state index contributed by atoms with van der Waals surface area (Å²) in [5.74, 6) is -3.11. The number of aliphatic hydroxyl groups is 1. The van der Waals surface area contributed by atoms with Crippen LogP contribution in [0.2, 0.25) is 28.2 Å². The Hall–Kier alpha value is 0.337. The zero-order chi connectivity index (χ0) is 24.3. The number of aliphatic hydroxyl groups excluding tert-OH is 1. The molecule has 0 saturated heterocycles. The molecule has 31 heavy (non-hydrogen) atoms. The van der Waals surface area contributed by atoms with Crippen molar-refractivity contribution in [1.29, 1.82) is 0 Å². The van der Waals surface area contributed by atoms with Gasteiger partial charge in [-0.05, 0) is 75.4 Å². The topological polar surface area (TPSA) is 29.5 Å². The van der Waals surface area contributed by atoms with Crippen LogP contribution in [0.15, 0.2) is 12.1 Å². The van der Waals surface area contributed by atoms with E-state index in [1.165, 1.54) is 12.1 Å². The highest BCUT2D eigenvalue weighted by Crippen LogP contribution is 2.37. The lowest BCUT2D eigenvalue weighted by Crippen LogP contribution is -2.40. The summed E-state index contributed by atoms with van der Waals surface area (Å²) in [5.41, 5.74) is 0.312. The third-order valence-electron chi connectivity index (χ3n) is 4.92. The molecule has 2 rings (SSSR count). The molecule has 2 aromatic rings. The van der Waals surface area contributed by atoms with E-state index in [1.807, 2.05) is 0 Å². The quantitative estimate of drug-likeness (QED) is 0.113. The molecule has 0 atom stereocenters. The van der Waals surface area contributed by atoms with E-state index in [0.29, 0.717) is 9.13 Å². The fraction of sp³-hybridized carbons (Fsp3) is 0.400. The van der Waals surface area contributed by atoms with Crippen molar-refractivity contribution < 1.29 is 27.1 Å². The third-order valence-corrected chi connectivity index (χ3v) is 11.6. The van der Waals surface area contributed by atoms with Gasteiger partial charge in [-0.2, -0.15) is 0 Å². The standard InChI is InChI=1S/C13H18ClF2IOSi.C7H4ClF2IO/c1-13(2,3)19(4,5)18-7-8-6-9(17)12(16)10(14)11(8)15;8-5-6(9)3(2-12)1-4(11)7(5)10/h6H,7H2,1-5H3;1,12H,2H2. The van der Waals surface area contributed by atoms with E-state index in [1.54, 1.807) is 45.2 Å². The second-order valence-electron chi connectivity index (χ2n) is 8.13. The number of halogens is 8. The van der Waals surface area contributed by atoms with Gasteiger partial charge in [0.25, 0.3) is 0 Å². The molecule has 174 valence electrons. The Morgan fingerprint density at radius 1 is 0.871 bits per heavy atom. The second-order valence-corrected chi connectivity index (χ2v) is 16.0. The molecular weight excluding hydrogens is 701 g/mol. The van der Waals surface area contributed by atoms with Gasteiger partial charge in [-0.25, -0.2) is 17.6 Å². The van der Waals surface area contributed by atoms with Crippen molar-refractivity contribution in [3.05, 3.63) is 63.7 Å². The molecule has 0 aliphatic rings. The minimum atomic E-state index is -1.96. The molecule has 0 bridgehead atoms. The molecule has 0 radical (unpaired) electrons.